The second kappa shape index (κ2) is 7.02. The molecule has 22 heavy (non-hydrogen) atoms. The van der Waals surface area contributed by atoms with Gasteiger partial charge in [-0.25, -0.2) is 0 Å². The third-order valence-corrected chi connectivity index (χ3v) is 3.42. The summed E-state index contributed by atoms with van der Waals surface area (Å²) in [5.41, 5.74) is 1.24. The van der Waals surface area contributed by atoms with E-state index in [9.17, 15) is 19.7 Å². The zero-order chi connectivity index (χ0) is 17.0. The van der Waals surface area contributed by atoms with Crippen LogP contribution in [-0.4, -0.2) is 39.4 Å². The zero-order valence-corrected chi connectivity index (χ0v) is 13.1. The maximum Gasteiger partial charge on any atom is 0.305 e. The quantitative estimate of drug-likeness (QED) is 0.643. The van der Waals surface area contributed by atoms with E-state index >= 15 is 0 Å². The molecule has 0 aliphatic heterocycles. The predicted molar refractivity (Wildman–Crippen MR) is 81.0 cm³/mol. The van der Waals surface area contributed by atoms with E-state index < -0.39 is 16.8 Å². The molecule has 0 saturated carbocycles. The lowest BCUT2D eigenvalue weighted by Gasteiger charge is -2.27. The monoisotopic (exact) mass is 308 g/mol. The van der Waals surface area contributed by atoms with Gasteiger partial charge in [0.05, 0.1) is 11.3 Å². The summed E-state index contributed by atoms with van der Waals surface area (Å²) in [5.74, 6) is -1.39. The van der Waals surface area contributed by atoms with Crippen molar-refractivity contribution in [1.29, 1.82) is 0 Å². The van der Waals surface area contributed by atoms with E-state index in [1.807, 2.05) is 0 Å². The van der Waals surface area contributed by atoms with Crippen molar-refractivity contribution in [2.75, 3.05) is 6.54 Å². The molecule has 1 rings (SSSR count). The summed E-state index contributed by atoms with van der Waals surface area (Å²) < 4.78 is 0. The van der Waals surface area contributed by atoms with Crippen molar-refractivity contribution in [3.8, 4) is 0 Å². The fourth-order valence-corrected chi connectivity index (χ4v) is 2.23. The Hall–Kier alpha value is -2.44. The SMILES string of the molecule is Cc1cc(C)c([N+](=O)[O-])cc1C(=O)N(CCC(=O)O)C(C)C. The Morgan fingerprint density at radius 3 is 2.32 bits per heavy atom. The third-order valence-electron chi connectivity index (χ3n) is 3.42. The molecule has 0 bridgehead atoms. The molecule has 0 aliphatic rings. The van der Waals surface area contributed by atoms with Crippen molar-refractivity contribution in [2.24, 2.45) is 0 Å². The summed E-state index contributed by atoms with van der Waals surface area (Å²) in [6.07, 6.45) is -0.170. The van der Waals surface area contributed by atoms with Gasteiger partial charge in [-0.2, -0.15) is 0 Å². The van der Waals surface area contributed by atoms with Crippen molar-refractivity contribution in [3.05, 3.63) is 38.9 Å². The average Bonchev–Trinajstić information content (AvgIpc) is 2.37. The number of nitro benzene ring substituents is 1. The smallest absolute Gasteiger partial charge is 0.305 e. The van der Waals surface area contributed by atoms with Crippen LogP contribution >= 0.6 is 0 Å². The van der Waals surface area contributed by atoms with Crippen LogP contribution in [0.25, 0.3) is 0 Å². The van der Waals surface area contributed by atoms with Crippen molar-refractivity contribution < 1.29 is 19.6 Å². The molecular weight excluding hydrogens is 288 g/mol. The van der Waals surface area contributed by atoms with E-state index in [1.165, 1.54) is 11.0 Å². The van der Waals surface area contributed by atoms with E-state index in [2.05, 4.69) is 0 Å². The van der Waals surface area contributed by atoms with Gasteiger partial charge in [-0.05, 0) is 39.3 Å². The largest absolute Gasteiger partial charge is 0.481 e. The van der Waals surface area contributed by atoms with Crippen molar-refractivity contribution in [1.82, 2.24) is 4.90 Å². The van der Waals surface area contributed by atoms with Crippen LogP contribution in [0.3, 0.4) is 0 Å². The minimum Gasteiger partial charge on any atom is -0.481 e. The van der Waals surface area contributed by atoms with Crippen LogP contribution < -0.4 is 0 Å². The first-order valence-electron chi connectivity index (χ1n) is 6.93. The predicted octanol–water partition coefficient (Wildman–Crippen LogP) is 2.54. The van der Waals surface area contributed by atoms with E-state index in [4.69, 9.17) is 5.11 Å². The fraction of sp³-hybridized carbons (Fsp3) is 0.467. The highest BCUT2D eigenvalue weighted by Crippen LogP contribution is 2.24. The molecule has 0 atom stereocenters. The molecule has 7 heteroatoms. The Balaban J connectivity index is 3.21. The molecule has 1 N–H and O–H groups in total. The summed E-state index contributed by atoms with van der Waals surface area (Å²) in [7, 11) is 0. The lowest BCUT2D eigenvalue weighted by molar-refractivity contribution is -0.385. The van der Waals surface area contributed by atoms with Gasteiger partial charge >= 0.3 is 5.97 Å². The van der Waals surface area contributed by atoms with Crippen LogP contribution in [0.5, 0.6) is 0 Å². The van der Waals surface area contributed by atoms with Gasteiger partial charge in [0.15, 0.2) is 0 Å². The molecule has 0 radical (unpaired) electrons. The number of carboxylic acid groups (broad SMARTS) is 1. The molecule has 0 saturated heterocycles. The minimum atomic E-state index is -0.995. The molecule has 0 spiro atoms. The minimum absolute atomic E-state index is 0.0624. The van der Waals surface area contributed by atoms with Gasteiger partial charge in [-0.1, -0.05) is 0 Å². The molecule has 1 amide bonds. The van der Waals surface area contributed by atoms with E-state index in [0.29, 0.717) is 11.1 Å². The third kappa shape index (κ3) is 4.03. The molecule has 0 unspecified atom stereocenters. The second-order valence-electron chi connectivity index (χ2n) is 5.45. The van der Waals surface area contributed by atoms with Crippen molar-refractivity contribution in [2.45, 2.75) is 40.2 Å². The first-order chi connectivity index (χ1) is 10.1. The summed E-state index contributed by atoms with van der Waals surface area (Å²) in [6, 6.07) is 2.66. The van der Waals surface area contributed by atoms with Crippen molar-refractivity contribution >= 4 is 17.6 Å². The number of amides is 1. The van der Waals surface area contributed by atoms with E-state index in [0.717, 1.165) is 0 Å². The maximum atomic E-state index is 12.6. The summed E-state index contributed by atoms with van der Waals surface area (Å²) in [5, 5.41) is 19.8. The molecule has 1 aromatic rings. The number of carbonyl (C=O) groups is 2. The summed E-state index contributed by atoms with van der Waals surface area (Å²) in [6.45, 7) is 6.94. The van der Waals surface area contributed by atoms with Crippen LogP contribution in [0.15, 0.2) is 12.1 Å². The molecule has 1 aromatic carbocycles. The van der Waals surface area contributed by atoms with Gasteiger partial charge in [0, 0.05) is 29.8 Å². The van der Waals surface area contributed by atoms with Crippen LogP contribution in [0.4, 0.5) is 5.69 Å². The second-order valence-corrected chi connectivity index (χ2v) is 5.45. The Morgan fingerprint density at radius 1 is 1.27 bits per heavy atom. The maximum absolute atomic E-state index is 12.6. The van der Waals surface area contributed by atoms with Gasteiger partial charge in [0.25, 0.3) is 11.6 Å². The fourth-order valence-electron chi connectivity index (χ4n) is 2.23. The normalized spacial score (nSPS) is 10.6. The Labute approximate surface area is 128 Å². The number of aliphatic carboxylic acids is 1. The molecule has 120 valence electrons. The Kier molecular flexibility index (Phi) is 5.62. The number of benzene rings is 1. The highest BCUT2D eigenvalue weighted by molar-refractivity contribution is 5.96. The van der Waals surface area contributed by atoms with Crippen LogP contribution in [0.1, 0.15) is 41.8 Å². The standard InChI is InChI=1S/C15H20N2O5/c1-9(2)16(6-5-14(18)19)15(20)12-8-13(17(21)22)11(4)7-10(12)3/h7-9H,5-6H2,1-4H3,(H,18,19). The number of nitrogens with zero attached hydrogens (tertiary/aromatic N) is 2. The van der Waals surface area contributed by atoms with Crippen LogP contribution in [0.2, 0.25) is 0 Å². The molecule has 0 heterocycles. The average molecular weight is 308 g/mol. The van der Waals surface area contributed by atoms with Gasteiger partial charge < -0.3 is 10.0 Å². The molecule has 7 nitrogen and oxygen atoms in total. The van der Waals surface area contributed by atoms with E-state index in [-0.39, 0.29) is 30.3 Å². The molecule has 0 aliphatic carbocycles. The summed E-state index contributed by atoms with van der Waals surface area (Å²) in [4.78, 5) is 35.2. The first kappa shape index (κ1) is 17.6. The number of hydrogen-bond donors (Lipinski definition) is 1. The number of hydrogen-bond acceptors (Lipinski definition) is 4. The number of rotatable bonds is 6. The van der Waals surface area contributed by atoms with Crippen molar-refractivity contribution in [3.63, 3.8) is 0 Å². The van der Waals surface area contributed by atoms with Gasteiger partial charge in [0.2, 0.25) is 0 Å². The Bertz CT molecular complexity index is 610. The number of carbonyl (C=O) groups excluding carboxylic acids is 1. The number of aryl methyl sites for hydroxylation is 2. The number of carboxylic acids is 1. The van der Waals surface area contributed by atoms with Crippen LogP contribution in [-0.2, 0) is 4.79 Å². The first-order valence-corrected chi connectivity index (χ1v) is 6.93. The Morgan fingerprint density at radius 2 is 1.86 bits per heavy atom. The zero-order valence-electron chi connectivity index (χ0n) is 13.1. The topological polar surface area (TPSA) is 101 Å². The highest BCUT2D eigenvalue weighted by Gasteiger charge is 2.24. The van der Waals surface area contributed by atoms with Gasteiger partial charge in [-0.3, -0.25) is 19.7 Å². The molecule has 0 aromatic heterocycles. The van der Waals surface area contributed by atoms with Gasteiger partial charge in [-0.15, -0.1) is 0 Å². The lowest BCUT2D eigenvalue weighted by atomic mass is 10.0. The van der Waals surface area contributed by atoms with Gasteiger partial charge in [0.1, 0.15) is 0 Å². The highest BCUT2D eigenvalue weighted by atomic mass is 16.6. The number of nitro groups is 1. The van der Waals surface area contributed by atoms with Crippen LogP contribution in [0, 0.1) is 24.0 Å². The molecule has 0 fully saturated rings. The summed E-state index contributed by atoms with van der Waals surface area (Å²) >= 11 is 0. The molecular formula is C15H20N2O5. The van der Waals surface area contributed by atoms with E-state index in [1.54, 1.807) is 33.8 Å². The lowest BCUT2D eigenvalue weighted by Crippen LogP contribution is -2.38.